The van der Waals surface area contributed by atoms with E-state index in [1.807, 2.05) is 44.2 Å². The summed E-state index contributed by atoms with van der Waals surface area (Å²) in [5, 5.41) is 9.92. The summed E-state index contributed by atoms with van der Waals surface area (Å²) in [6.45, 7) is 4.85. The van der Waals surface area contributed by atoms with Crippen molar-refractivity contribution in [2.75, 3.05) is 13.1 Å². The predicted molar refractivity (Wildman–Crippen MR) is 90.1 cm³/mol. The highest BCUT2D eigenvalue weighted by Crippen LogP contribution is 2.40. The number of aromatic nitrogens is 1. The van der Waals surface area contributed by atoms with E-state index in [2.05, 4.69) is 6.07 Å². The van der Waals surface area contributed by atoms with Crippen molar-refractivity contribution in [3.63, 3.8) is 0 Å². The quantitative estimate of drug-likeness (QED) is 0.845. The second kappa shape index (κ2) is 6.37. The lowest BCUT2D eigenvalue weighted by atomic mass is 10.0. The fraction of sp³-hybridized carbons (Fsp3) is 0.421. The SMILES string of the molecule is CCN(C[C@@H](C)C#N)C(=O)c1cc(C2CC2)nc2ccccc12. The molecule has 1 aliphatic carbocycles. The van der Waals surface area contributed by atoms with Crippen molar-refractivity contribution in [1.82, 2.24) is 9.88 Å². The van der Waals surface area contributed by atoms with E-state index in [0.29, 0.717) is 24.6 Å². The van der Waals surface area contributed by atoms with E-state index >= 15 is 0 Å². The Morgan fingerprint density at radius 1 is 1.43 bits per heavy atom. The average molecular weight is 307 g/mol. The molecule has 4 nitrogen and oxygen atoms in total. The zero-order chi connectivity index (χ0) is 16.4. The zero-order valence-corrected chi connectivity index (χ0v) is 13.6. The fourth-order valence-corrected chi connectivity index (χ4v) is 2.86. The maximum absolute atomic E-state index is 13.0. The molecule has 23 heavy (non-hydrogen) atoms. The molecule has 1 heterocycles. The Hall–Kier alpha value is -2.41. The van der Waals surface area contributed by atoms with Gasteiger partial charge in [0, 0.05) is 30.1 Å². The van der Waals surface area contributed by atoms with Crippen LogP contribution >= 0.6 is 0 Å². The number of nitrogens with zero attached hydrogens (tertiary/aromatic N) is 3. The summed E-state index contributed by atoms with van der Waals surface area (Å²) in [5.74, 6) is 0.323. The highest BCUT2D eigenvalue weighted by atomic mass is 16.2. The van der Waals surface area contributed by atoms with Crippen molar-refractivity contribution in [1.29, 1.82) is 5.26 Å². The van der Waals surface area contributed by atoms with Crippen LogP contribution in [0.25, 0.3) is 10.9 Å². The van der Waals surface area contributed by atoms with Gasteiger partial charge in [-0.3, -0.25) is 9.78 Å². The molecule has 0 saturated heterocycles. The van der Waals surface area contributed by atoms with E-state index in [1.54, 1.807) is 4.90 Å². The molecule has 0 bridgehead atoms. The molecule has 2 aromatic rings. The molecule has 1 atom stereocenters. The van der Waals surface area contributed by atoms with Gasteiger partial charge < -0.3 is 4.90 Å². The molecule has 3 rings (SSSR count). The Morgan fingerprint density at radius 3 is 2.83 bits per heavy atom. The summed E-state index contributed by atoms with van der Waals surface area (Å²) in [6, 6.07) is 12.0. The van der Waals surface area contributed by atoms with Crippen LogP contribution in [0.3, 0.4) is 0 Å². The molecular weight excluding hydrogens is 286 g/mol. The van der Waals surface area contributed by atoms with Crippen LogP contribution in [0.15, 0.2) is 30.3 Å². The number of carbonyl (C=O) groups is 1. The van der Waals surface area contributed by atoms with E-state index in [9.17, 15) is 4.79 Å². The van der Waals surface area contributed by atoms with Gasteiger partial charge in [-0.25, -0.2) is 0 Å². The molecule has 1 aromatic carbocycles. The molecule has 1 fully saturated rings. The number of para-hydroxylation sites is 1. The van der Waals surface area contributed by atoms with Crippen molar-refractivity contribution in [2.45, 2.75) is 32.6 Å². The van der Waals surface area contributed by atoms with Crippen molar-refractivity contribution < 1.29 is 4.79 Å². The molecule has 1 aromatic heterocycles. The molecule has 1 aliphatic rings. The van der Waals surface area contributed by atoms with Gasteiger partial charge in [0.05, 0.1) is 23.1 Å². The first kappa shape index (κ1) is 15.5. The first-order valence-electron chi connectivity index (χ1n) is 8.22. The minimum absolute atomic E-state index is 0.00454. The van der Waals surface area contributed by atoms with Gasteiger partial charge in [0.1, 0.15) is 0 Å². The highest BCUT2D eigenvalue weighted by molar-refractivity contribution is 6.06. The Bertz CT molecular complexity index is 774. The van der Waals surface area contributed by atoms with Crippen LogP contribution in [-0.2, 0) is 0 Å². The number of pyridine rings is 1. The van der Waals surface area contributed by atoms with E-state index in [4.69, 9.17) is 10.2 Å². The average Bonchev–Trinajstić information content (AvgIpc) is 3.42. The standard InChI is InChI=1S/C19H21N3O/c1-3-22(12-13(2)11-20)19(23)16-10-18(14-8-9-14)21-17-7-5-4-6-15(16)17/h4-7,10,13-14H,3,8-9,12H2,1-2H3/t13-/m0/s1. The summed E-state index contributed by atoms with van der Waals surface area (Å²) in [4.78, 5) is 19.5. The van der Waals surface area contributed by atoms with Crippen LogP contribution in [-0.4, -0.2) is 28.9 Å². The molecule has 1 saturated carbocycles. The topological polar surface area (TPSA) is 57.0 Å². The largest absolute Gasteiger partial charge is 0.338 e. The zero-order valence-electron chi connectivity index (χ0n) is 13.6. The van der Waals surface area contributed by atoms with Crippen molar-refractivity contribution in [2.24, 2.45) is 5.92 Å². The molecule has 0 aliphatic heterocycles. The molecule has 118 valence electrons. The smallest absolute Gasteiger partial charge is 0.254 e. The van der Waals surface area contributed by atoms with Gasteiger partial charge in [-0.15, -0.1) is 0 Å². The number of fused-ring (bicyclic) bond motifs is 1. The van der Waals surface area contributed by atoms with Crippen molar-refractivity contribution in [3.8, 4) is 6.07 Å². The second-order valence-corrected chi connectivity index (χ2v) is 6.26. The van der Waals surface area contributed by atoms with Gasteiger partial charge in [0.25, 0.3) is 5.91 Å². The third-order valence-electron chi connectivity index (χ3n) is 4.35. The van der Waals surface area contributed by atoms with Crippen LogP contribution in [0.5, 0.6) is 0 Å². The fourth-order valence-electron chi connectivity index (χ4n) is 2.86. The third kappa shape index (κ3) is 3.19. The Morgan fingerprint density at radius 2 is 2.17 bits per heavy atom. The van der Waals surface area contributed by atoms with Gasteiger partial charge in [0.15, 0.2) is 0 Å². The molecule has 0 spiro atoms. The number of amides is 1. The van der Waals surface area contributed by atoms with Crippen LogP contribution in [0.2, 0.25) is 0 Å². The predicted octanol–water partition coefficient (Wildman–Crippen LogP) is 3.73. The van der Waals surface area contributed by atoms with Gasteiger partial charge in [-0.2, -0.15) is 5.26 Å². The van der Waals surface area contributed by atoms with E-state index in [-0.39, 0.29) is 11.8 Å². The first-order chi connectivity index (χ1) is 11.1. The molecule has 1 amide bonds. The van der Waals surface area contributed by atoms with Gasteiger partial charge in [-0.1, -0.05) is 18.2 Å². The van der Waals surface area contributed by atoms with Gasteiger partial charge >= 0.3 is 0 Å². The molecule has 0 N–H and O–H groups in total. The number of nitriles is 1. The Labute approximate surface area is 136 Å². The minimum Gasteiger partial charge on any atom is -0.338 e. The van der Waals surface area contributed by atoms with E-state index in [1.165, 1.54) is 0 Å². The summed E-state index contributed by atoms with van der Waals surface area (Å²) >= 11 is 0. The normalized spacial score (nSPS) is 15.2. The van der Waals surface area contributed by atoms with Gasteiger partial charge in [0.2, 0.25) is 0 Å². The van der Waals surface area contributed by atoms with Crippen LogP contribution in [0, 0.1) is 17.2 Å². The molecule has 0 unspecified atom stereocenters. The number of hydrogen-bond donors (Lipinski definition) is 0. The molecule has 0 radical (unpaired) electrons. The molecule has 4 heteroatoms. The van der Waals surface area contributed by atoms with Crippen LogP contribution < -0.4 is 0 Å². The number of benzene rings is 1. The Kier molecular flexibility index (Phi) is 4.29. The van der Waals surface area contributed by atoms with Crippen LogP contribution in [0.4, 0.5) is 0 Å². The summed E-state index contributed by atoms with van der Waals surface area (Å²) in [6.07, 6.45) is 2.31. The van der Waals surface area contributed by atoms with Crippen molar-refractivity contribution >= 4 is 16.8 Å². The molecular formula is C19H21N3O. The lowest BCUT2D eigenvalue weighted by molar-refractivity contribution is 0.0754. The van der Waals surface area contributed by atoms with E-state index in [0.717, 1.165) is 29.4 Å². The summed E-state index contributed by atoms with van der Waals surface area (Å²) < 4.78 is 0. The van der Waals surface area contributed by atoms with Crippen LogP contribution in [0.1, 0.15) is 48.7 Å². The lowest BCUT2D eigenvalue weighted by Gasteiger charge is -2.23. The number of carbonyl (C=O) groups excluding carboxylic acids is 1. The Balaban J connectivity index is 2.03. The minimum atomic E-state index is -0.171. The second-order valence-electron chi connectivity index (χ2n) is 6.26. The maximum Gasteiger partial charge on any atom is 0.254 e. The van der Waals surface area contributed by atoms with Gasteiger partial charge in [-0.05, 0) is 38.8 Å². The van der Waals surface area contributed by atoms with E-state index < -0.39 is 0 Å². The monoisotopic (exact) mass is 307 g/mol. The lowest BCUT2D eigenvalue weighted by Crippen LogP contribution is -2.34. The maximum atomic E-state index is 13.0. The summed E-state index contributed by atoms with van der Waals surface area (Å²) in [5.41, 5.74) is 2.62. The van der Waals surface area contributed by atoms with Crippen molar-refractivity contribution in [3.05, 3.63) is 41.6 Å². The first-order valence-corrected chi connectivity index (χ1v) is 8.22. The number of rotatable bonds is 5. The highest BCUT2D eigenvalue weighted by Gasteiger charge is 2.28. The number of hydrogen-bond acceptors (Lipinski definition) is 3. The third-order valence-corrected chi connectivity index (χ3v) is 4.35. The summed E-state index contributed by atoms with van der Waals surface area (Å²) in [7, 11) is 0.